The van der Waals surface area contributed by atoms with Crippen molar-refractivity contribution >= 4 is 35.8 Å². The van der Waals surface area contributed by atoms with Crippen LogP contribution in [0.3, 0.4) is 0 Å². The molecule has 1 aliphatic heterocycles. The Hall–Kier alpha value is -8.01. The molecule has 7 heterocycles. The van der Waals surface area contributed by atoms with Gasteiger partial charge in [0, 0.05) is 75.6 Å². The quantitative estimate of drug-likeness (QED) is 0.0817. The highest BCUT2D eigenvalue weighted by Gasteiger charge is 2.23. The van der Waals surface area contributed by atoms with Crippen molar-refractivity contribution in [1.82, 2.24) is 29.7 Å². The molecule has 0 unspecified atom stereocenters. The second-order valence-corrected chi connectivity index (χ2v) is 14.5. The molecule has 6 aromatic heterocycles. The maximum absolute atomic E-state index is 12.2. The number of hydrogen-bond acceptors (Lipinski definition) is 15. The lowest BCUT2D eigenvalue weighted by molar-refractivity contribution is 0.0679. The Morgan fingerprint density at radius 1 is 0.397 bits per heavy atom. The molecule has 63 heavy (non-hydrogen) atoms. The lowest BCUT2D eigenvalue weighted by atomic mass is 10.1. The van der Waals surface area contributed by atoms with Crippen LogP contribution in [0.25, 0.3) is 34.0 Å². The van der Waals surface area contributed by atoms with Gasteiger partial charge in [0.25, 0.3) is 0 Å². The number of hydrogen-bond donors (Lipinski definition) is 6. The number of aromatic nitrogens is 3. The van der Waals surface area contributed by atoms with E-state index in [1.807, 2.05) is 14.7 Å². The molecule has 0 bridgehead atoms. The summed E-state index contributed by atoms with van der Waals surface area (Å²) in [4.78, 5) is 90.2. The Labute approximate surface area is 354 Å². The van der Waals surface area contributed by atoms with Gasteiger partial charge in [-0.2, -0.15) is 0 Å². The van der Waals surface area contributed by atoms with E-state index < -0.39 is 35.8 Å². The first-order chi connectivity index (χ1) is 30.1. The van der Waals surface area contributed by atoms with Crippen molar-refractivity contribution in [2.45, 2.75) is 19.6 Å². The van der Waals surface area contributed by atoms with Crippen LogP contribution in [-0.2, 0) is 19.6 Å². The number of furan rings is 3. The van der Waals surface area contributed by atoms with E-state index in [1.54, 1.807) is 18.2 Å². The molecule has 0 atom stereocenters. The average molecular weight is 865 g/mol. The van der Waals surface area contributed by atoms with Gasteiger partial charge in [-0.25, -0.2) is 43.7 Å². The Kier molecular flexibility index (Phi) is 12.5. The van der Waals surface area contributed by atoms with Gasteiger partial charge < -0.3 is 43.9 Å². The minimum atomic E-state index is -1.32. The predicted molar refractivity (Wildman–Crippen MR) is 213 cm³/mol. The average Bonchev–Trinajstić information content (AvgIpc) is 4.05. The van der Waals surface area contributed by atoms with Gasteiger partial charge in [0.15, 0.2) is 0 Å². The molecule has 21 nitrogen and oxygen atoms in total. The Morgan fingerprint density at radius 3 is 0.857 bits per heavy atom. The monoisotopic (exact) mass is 864 g/mol. The number of aromatic carboxylic acids is 6. The van der Waals surface area contributed by atoms with Crippen molar-refractivity contribution in [2.24, 2.45) is 0 Å². The van der Waals surface area contributed by atoms with Gasteiger partial charge in [-0.3, -0.25) is 14.7 Å². The SMILES string of the molecule is O=C(O)c1coc(-c2cc(CN3CCN(Cc4cc(-c5cc(C(=O)O)co5)cc(C(=O)O)n4)CCN(Cc4cc(-c5cc(C(=O)O)co5)cc(C(=O)O)n4)CC3)nc(C(=O)O)c2)c1. The van der Waals surface area contributed by atoms with E-state index in [-0.39, 0.29) is 87.4 Å². The van der Waals surface area contributed by atoms with E-state index >= 15 is 0 Å². The van der Waals surface area contributed by atoms with Crippen LogP contribution in [-0.4, -0.2) is 135 Å². The van der Waals surface area contributed by atoms with E-state index in [1.165, 1.54) is 36.4 Å². The Morgan fingerprint density at radius 2 is 0.651 bits per heavy atom. The summed E-state index contributed by atoms with van der Waals surface area (Å²) in [6, 6.07) is 12.4. The first kappa shape index (κ1) is 43.1. The van der Waals surface area contributed by atoms with Crippen LogP contribution >= 0.6 is 0 Å². The summed E-state index contributed by atoms with van der Waals surface area (Å²) in [6.45, 7) is 2.59. The highest BCUT2D eigenvalue weighted by Crippen LogP contribution is 2.28. The summed E-state index contributed by atoms with van der Waals surface area (Å²) >= 11 is 0. The molecule has 324 valence electrons. The zero-order valence-electron chi connectivity index (χ0n) is 32.8. The number of pyridine rings is 3. The van der Waals surface area contributed by atoms with E-state index in [4.69, 9.17) is 13.3 Å². The third-order valence-electron chi connectivity index (χ3n) is 10.0. The van der Waals surface area contributed by atoms with Crippen molar-refractivity contribution in [3.63, 3.8) is 0 Å². The molecule has 6 aromatic rings. The van der Waals surface area contributed by atoms with Crippen molar-refractivity contribution in [3.8, 4) is 34.0 Å². The van der Waals surface area contributed by atoms with Crippen LogP contribution < -0.4 is 0 Å². The summed E-state index contributed by atoms with van der Waals surface area (Å²) in [5.74, 6) is -7.29. The van der Waals surface area contributed by atoms with E-state index in [0.29, 0.717) is 56.4 Å². The maximum atomic E-state index is 12.2. The molecule has 1 aliphatic rings. The van der Waals surface area contributed by atoms with Crippen LogP contribution in [0.2, 0.25) is 0 Å². The number of carbonyl (C=O) groups is 6. The fourth-order valence-corrected chi connectivity index (χ4v) is 6.91. The molecule has 0 saturated carbocycles. The number of rotatable bonds is 15. The van der Waals surface area contributed by atoms with Crippen molar-refractivity contribution in [3.05, 3.63) is 124 Å². The number of carboxylic acid groups (broad SMARTS) is 6. The van der Waals surface area contributed by atoms with Gasteiger partial charge in [-0.05, 0) is 54.6 Å². The molecule has 21 heteroatoms. The normalized spacial score (nSPS) is 14.1. The van der Waals surface area contributed by atoms with Crippen molar-refractivity contribution < 1.29 is 72.7 Å². The molecule has 0 amide bonds. The van der Waals surface area contributed by atoms with Crippen LogP contribution in [0.15, 0.2) is 86.6 Å². The van der Waals surface area contributed by atoms with E-state index in [2.05, 4.69) is 15.0 Å². The first-order valence-corrected chi connectivity index (χ1v) is 18.9. The lowest BCUT2D eigenvalue weighted by Gasteiger charge is -2.25. The predicted octanol–water partition coefficient (Wildman–Crippen LogP) is 4.66. The minimum Gasteiger partial charge on any atom is -0.478 e. The van der Waals surface area contributed by atoms with Gasteiger partial charge in [0.1, 0.15) is 53.2 Å². The molecule has 1 fully saturated rings. The second kappa shape index (κ2) is 18.3. The van der Waals surface area contributed by atoms with E-state index in [0.717, 1.165) is 18.8 Å². The fraction of sp³-hybridized carbons (Fsp3) is 0.214. The summed E-state index contributed by atoms with van der Waals surface area (Å²) < 4.78 is 16.4. The first-order valence-electron chi connectivity index (χ1n) is 18.9. The summed E-state index contributed by atoms with van der Waals surface area (Å²) in [5.41, 5.74) is 0.553. The number of carboxylic acids is 6. The largest absolute Gasteiger partial charge is 0.478 e. The molecule has 0 radical (unpaired) electrons. The van der Waals surface area contributed by atoms with Gasteiger partial charge in [-0.15, -0.1) is 0 Å². The smallest absolute Gasteiger partial charge is 0.354 e. The number of nitrogens with zero attached hydrogens (tertiary/aromatic N) is 6. The standard InChI is InChI=1S/C42H36N6O15/c49-37(50)25-13-34(61-19-25)22-7-28(43-31(10-22)40(55)56)16-46-1-2-47(17-29-8-23(11-32(44-29)41(57)58)35-14-26(20-62-35)38(51)52)5-6-48(4-3-46)18-30-9-24(12-33(45-30)42(59)60)36-15-27(21-63-36)39(53)54/h7-15,19-21H,1-6,16-18H2,(H,49,50)(H,51,52)(H,53,54)(H,55,56)(H,57,58)(H,59,60). The van der Waals surface area contributed by atoms with Gasteiger partial charge in [0.05, 0.1) is 33.8 Å². The Balaban J connectivity index is 1.21. The third-order valence-corrected chi connectivity index (χ3v) is 10.0. The topological polar surface area (TPSA) is 312 Å². The highest BCUT2D eigenvalue weighted by molar-refractivity contribution is 5.92. The summed E-state index contributed by atoms with van der Waals surface area (Å²) in [7, 11) is 0. The van der Waals surface area contributed by atoms with Gasteiger partial charge in [-0.1, -0.05) is 0 Å². The van der Waals surface area contributed by atoms with Crippen molar-refractivity contribution in [1.29, 1.82) is 0 Å². The third kappa shape index (κ3) is 10.5. The van der Waals surface area contributed by atoms with Crippen LogP contribution in [0.1, 0.15) is 79.6 Å². The highest BCUT2D eigenvalue weighted by atomic mass is 16.4. The fourth-order valence-electron chi connectivity index (χ4n) is 6.91. The van der Waals surface area contributed by atoms with Crippen LogP contribution in [0, 0.1) is 0 Å². The molecule has 1 saturated heterocycles. The molecule has 0 aliphatic carbocycles. The molecular weight excluding hydrogens is 828 g/mol. The lowest BCUT2D eigenvalue weighted by Crippen LogP contribution is -2.36. The zero-order valence-corrected chi connectivity index (χ0v) is 32.8. The second-order valence-electron chi connectivity index (χ2n) is 14.5. The molecule has 6 N–H and O–H groups in total. The minimum absolute atomic E-state index is 0.116. The molecule has 7 rings (SSSR count). The summed E-state index contributed by atoms with van der Waals surface area (Å²) in [6.07, 6.45) is 3.13. The van der Waals surface area contributed by atoms with Crippen LogP contribution in [0.4, 0.5) is 0 Å². The summed E-state index contributed by atoms with van der Waals surface area (Å²) in [5, 5.41) is 58.0. The molecule has 0 spiro atoms. The molecular formula is C42H36N6O15. The van der Waals surface area contributed by atoms with Gasteiger partial charge in [0.2, 0.25) is 0 Å². The maximum Gasteiger partial charge on any atom is 0.354 e. The van der Waals surface area contributed by atoms with Crippen molar-refractivity contribution in [2.75, 3.05) is 39.3 Å². The molecule has 0 aromatic carbocycles. The van der Waals surface area contributed by atoms with Crippen LogP contribution in [0.5, 0.6) is 0 Å². The Bertz CT molecular complexity index is 2450. The van der Waals surface area contributed by atoms with Gasteiger partial charge >= 0.3 is 35.8 Å². The van der Waals surface area contributed by atoms with E-state index in [9.17, 15) is 59.4 Å². The zero-order chi connectivity index (χ0) is 44.9.